The summed E-state index contributed by atoms with van der Waals surface area (Å²) < 4.78 is 34.5. The lowest BCUT2D eigenvalue weighted by atomic mass is 10.0. The maximum Gasteiger partial charge on any atom is 0.223 e. The van der Waals surface area contributed by atoms with Crippen LogP contribution in [0.1, 0.15) is 25.7 Å². The fraction of sp³-hybridized carbons (Fsp3) is 0.933. The van der Waals surface area contributed by atoms with Gasteiger partial charge >= 0.3 is 0 Å². The number of hydrogen-bond donors (Lipinski definition) is 0. The van der Waals surface area contributed by atoms with E-state index in [1.807, 2.05) is 0 Å². The highest BCUT2D eigenvalue weighted by molar-refractivity contribution is 7.91. The molecule has 0 aromatic rings. The van der Waals surface area contributed by atoms with Crippen LogP contribution in [0.15, 0.2) is 0 Å². The molecular formula is C15H26N2O5S. The zero-order valence-electron chi connectivity index (χ0n) is 13.7. The predicted octanol–water partition coefficient (Wildman–Crippen LogP) is -0.139. The van der Waals surface area contributed by atoms with Gasteiger partial charge < -0.3 is 19.3 Å². The predicted molar refractivity (Wildman–Crippen MR) is 84.8 cm³/mol. The van der Waals surface area contributed by atoms with Crippen LogP contribution in [0.4, 0.5) is 0 Å². The van der Waals surface area contributed by atoms with Gasteiger partial charge in [-0.05, 0) is 6.42 Å². The Kier molecular flexibility index (Phi) is 4.96. The van der Waals surface area contributed by atoms with E-state index in [-0.39, 0.29) is 29.2 Å². The van der Waals surface area contributed by atoms with Gasteiger partial charge in [0.1, 0.15) is 0 Å². The van der Waals surface area contributed by atoms with E-state index in [0.717, 1.165) is 25.9 Å². The summed E-state index contributed by atoms with van der Waals surface area (Å²) in [6.45, 7) is 3.80. The molecule has 0 aliphatic carbocycles. The van der Waals surface area contributed by atoms with Crippen molar-refractivity contribution in [2.75, 3.05) is 51.4 Å². The van der Waals surface area contributed by atoms with Gasteiger partial charge in [0.25, 0.3) is 0 Å². The Hall–Kier alpha value is -0.700. The van der Waals surface area contributed by atoms with Gasteiger partial charge in [0.15, 0.2) is 15.6 Å². The Morgan fingerprint density at radius 2 is 1.91 bits per heavy atom. The summed E-state index contributed by atoms with van der Waals surface area (Å²) in [6, 6.07) is -0.155. The third-order valence-corrected chi connectivity index (χ3v) is 6.97. The smallest absolute Gasteiger partial charge is 0.223 e. The average molecular weight is 346 g/mol. The van der Waals surface area contributed by atoms with Crippen LogP contribution in [-0.4, -0.2) is 87.4 Å². The molecule has 3 aliphatic heterocycles. The van der Waals surface area contributed by atoms with E-state index in [4.69, 9.17) is 9.47 Å². The number of amides is 1. The summed E-state index contributed by atoms with van der Waals surface area (Å²) in [7, 11) is -1.23. The Morgan fingerprint density at radius 3 is 2.48 bits per heavy atom. The largest absolute Gasteiger partial charge is 0.347 e. The number of ether oxygens (including phenoxy) is 2. The van der Waals surface area contributed by atoms with Gasteiger partial charge in [-0.15, -0.1) is 0 Å². The Labute approximate surface area is 137 Å². The number of carbonyl (C=O) groups excluding carboxylic acids is 1. The van der Waals surface area contributed by atoms with Crippen molar-refractivity contribution in [3.05, 3.63) is 0 Å². The summed E-state index contributed by atoms with van der Waals surface area (Å²) in [5, 5.41) is 0. The molecule has 8 heteroatoms. The van der Waals surface area contributed by atoms with Gasteiger partial charge in [0, 0.05) is 52.0 Å². The SMILES string of the molecule is CN(C(=O)CCN1CCC2(CC1)OCCO2)C1CCS(=O)(=O)C1. The molecule has 3 fully saturated rings. The molecule has 3 heterocycles. The van der Waals surface area contributed by atoms with Crippen LogP contribution in [0, 0.1) is 0 Å². The highest BCUT2D eigenvalue weighted by Crippen LogP contribution is 2.31. The lowest BCUT2D eigenvalue weighted by molar-refractivity contribution is -0.185. The molecule has 3 saturated heterocycles. The number of likely N-dealkylation sites (tertiary alicyclic amines) is 1. The van der Waals surface area contributed by atoms with Crippen molar-refractivity contribution < 1.29 is 22.7 Å². The number of nitrogens with zero attached hydrogens (tertiary/aromatic N) is 2. The molecule has 23 heavy (non-hydrogen) atoms. The molecular weight excluding hydrogens is 320 g/mol. The minimum absolute atomic E-state index is 0.0285. The molecule has 0 N–H and O–H groups in total. The molecule has 0 aromatic heterocycles. The summed E-state index contributed by atoms with van der Waals surface area (Å²) in [5.41, 5.74) is 0. The molecule has 0 saturated carbocycles. The topological polar surface area (TPSA) is 76.2 Å². The van der Waals surface area contributed by atoms with Crippen LogP contribution >= 0.6 is 0 Å². The molecule has 1 amide bonds. The minimum atomic E-state index is -2.95. The molecule has 1 spiro atoms. The molecule has 1 atom stereocenters. The fourth-order valence-corrected chi connectivity index (χ4v) is 5.39. The zero-order valence-corrected chi connectivity index (χ0v) is 14.5. The third-order valence-electron chi connectivity index (χ3n) is 5.22. The quantitative estimate of drug-likeness (QED) is 0.705. The maximum atomic E-state index is 12.3. The number of piperidine rings is 1. The molecule has 0 radical (unpaired) electrons. The first-order valence-corrected chi connectivity index (χ1v) is 10.2. The Balaban J connectivity index is 1.41. The van der Waals surface area contributed by atoms with Crippen LogP contribution in [0.3, 0.4) is 0 Å². The fourth-order valence-electron chi connectivity index (χ4n) is 3.62. The van der Waals surface area contributed by atoms with Crippen molar-refractivity contribution in [3.63, 3.8) is 0 Å². The van der Waals surface area contributed by atoms with Crippen molar-refractivity contribution in [2.24, 2.45) is 0 Å². The molecule has 0 bridgehead atoms. The van der Waals surface area contributed by atoms with E-state index in [9.17, 15) is 13.2 Å². The van der Waals surface area contributed by atoms with E-state index in [2.05, 4.69) is 4.90 Å². The number of hydrogen-bond acceptors (Lipinski definition) is 6. The van der Waals surface area contributed by atoms with E-state index in [1.54, 1.807) is 11.9 Å². The lowest BCUT2D eigenvalue weighted by Gasteiger charge is -2.37. The van der Waals surface area contributed by atoms with Crippen molar-refractivity contribution in [1.82, 2.24) is 9.80 Å². The van der Waals surface area contributed by atoms with E-state index in [0.29, 0.717) is 32.6 Å². The summed E-state index contributed by atoms with van der Waals surface area (Å²) in [5.74, 6) is -0.0458. The second-order valence-corrected chi connectivity index (χ2v) is 8.99. The highest BCUT2D eigenvalue weighted by atomic mass is 32.2. The molecule has 3 aliphatic rings. The average Bonchev–Trinajstić information content (AvgIpc) is 3.12. The summed E-state index contributed by atoms with van der Waals surface area (Å²) in [4.78, 5) is 16.2. The van der Waals surface area contributed by atoms with Gasteiger partial charge in [-0.1, -0.05) is 0 Å². The van der Waals surface area contributed by atoms with Crippen LogP contribution in [-0.2, 0) is 24.1 Å². The monoisotopic (exact) mass is 346 g/mol. The van der Waals surface area contributed by atoms with Gasteiger partial charge in [-0.25, -0.2) is 8.42 Å². The number of rotatable bonds is 4. The van der Waals surface area contributed by atoms with Gasteiger partial charge in [-0.3, -0.25) is 4.79 Å². The second kappa shape index (κ2) is 6.66. The second-order valence-electron chi connectivity index (χ2n) is 6.76. The molecule has 1 unspecified atom stereocenters. The first-order valence-electron chi connectivity index (χ1n) is 8.36. The minimum Gasteiger partial charge on any atom is -0.347 e. The van der Waals surface area contributed by atoms with Crippen LogP contribution in [0.2, 0.25) is 0 Å². The normalized spacial score (nSPS) is 29.9. The molecule has 132 valence electrons. The molecule has 3 rings (SSSR count). The third kappa shape index (κ3) is 4.04. The van der Waals surface area contributed by atoms with E-state index in [1.165, 1.54) is 0 Å². The zero-order chi connectivity index (χ0) is 16.5. The van der Waals surface area contributed by atoms with Gasteiger partial charge in [0.2, 0.25) is 5.91 Å². The first-order chi connectivity index (χ1) is 10.9. The number of carbonyl (C=O) groups is 1. The van der Waals surface area contributed by atoms with Crippen molar-refractivity contribution in [2.45, 2.75) is 37.5 Å². The Bertz CT molecular complexity index is 534. The van der Waals surface area contributed by atoms with E-state index >= 15 is 0 Å². The summed E-state index contributed by atoms with van der Waals surface area (Å²) >= 11 is 0. The van der Waals surface area contributed by atoms with Gasteiger partial charge in [-0.2, -0.15) is 0 Å². The van der Waals surface area contributed by atoms with Crippen molar-refractivity contribution in [1.29, 1.82) is 0 Å². The van der Waals surface area contributed by atoms with Gasteiger partial charge in [0.05, 0.1) is 24.7 Å². The van der Waals surface area contributed by atoms with Crippen LogP contribution < -0.4 is 0 Å². The lowest BCUT2D eigenvalue weighted by Crippen LogP contribution is -2.46. The highest BCUT2D eigenvalue weighted by Gasteiger charge is 2.39. The summed E-state index contributed by atoms with van der Waals surface area (Å²) in [6.07, 6.45) is 2.68. The Morgan fingerprint density at radius 1 is 1.26 bits per heavy atom. The maximum absolute atomic E-state index is 12.3. The first kappa shape index (κ1) is 17.1. The molecule has 0 aromatic carbocycles. The standard InChI is InChI=1S/C15H26N2O5S/c1-16(13-3-11-23(19,20)12-13)14(18)2-6-17-7-4-15(5-8-17)21-9-10-22-15/h13H,2-12H2,1H3. The van der Waals surface area contributed by atoms with Crippen molar-refractivity contribution >= 4 is 15.7 Å². The van der Waals surface area contributed by atoms with Crippen LogP contribution in [0.5, 0.6) is 0 Å². The van der Waals surface area contributed by atoms with Crippen LogP contribution in [0.25, 0.3) is 0 Å². The molecule has 7 nitrogen and oxygen atoms in total. The van der Waals surface area contributed by atoms with E-state index < -0.39 is 9.84 Å². The van der Waals surface area contributed by atoms with Crippen molar-refractivity contribution in [3.8, 4) is 0 Å². The number of sulfone groups is 1.